The molecule has 2 rings (SSSR count). The molecule has 0 fully saturated rings. The number of amides is 1. The highest BCUT2D eigenvalue weighted by Crippen LogP contribution is 2.22. The van der Waals surface area contributed by atoms with Crippen molar-refractivity contribution in [3.63, 3.8) is 0 Å². The van der Waals surface area contributed by atoms with Crippen LogP contribution in [-0.2, 0) is 6.54 Å². The van der Waals surface area contributed by atoms with E-state index >= 15 is 0 Å². The Morgan fingerprint density at radius 3 is 2.76 bits per heavy atom. The Hall–Kier alpha value is -2.50. The molecule has 21 heavy (non-hydrogen) atoms. The summed E-state index contributed by atoms with van der Waals surface area (Å²) in [4.78, 5) is 12.2. The van der Waals surface area contributed by atoms with E-state index in [1.54, 1.807) is 10.9 Å². The average molecular weight is 288 g/mol. The molecule has 0 aliphatic carbocycles. The van der Waals surface area contributed by atoms with Crippen LogP contribution in [0.15, 0.2) is 24.4 Å². The molecular weight excluding hydrogens is 268 g/mol. The van der Waals surface area contributed by atoms with Crippen LogP contribution in [0.25, 0.3) is 0 Å². The molecule has 0 radical (unpaired) electrons. The predicted octanol–water partition coefficient (Wildman–Crippen LogP) is 2.44. The van der Waals surface area contributed by atoms with Crippen LogP contribution in [0.2, 0.25) is 0 Å². The van der Waals surface area contributed by atoms with Gasteiger partial charge in [0, 0.05) is 18.4 Å². The number of hydrogen-bond donors (Lipinski definition) is 2. The topological polar surface area (TPSA) is 82.2 Å². The summed E-state index contributed by atoms with van der Waals surface area (Å²) in [6, 6.07) is 5.51. The summed E-state index contributed by atoms with van der Waals surface area (Å²) >= 11 is 0. The first-order valence-corrected chi connectivity index (χ1v) is 6.92. The van der Waals surface area contributed by atoms with Crippen molar-refractivity contribution in [1.82, 2.24) is 9.78 Å². The van der Waals surface area contributed by atoms with Crippen LogP contribution in [0.5, 0.6) is 5.75 Å². The van der Waals surface area contributed by atoms with Crippen molar-refractivity contribution in [1.29, 1.82) is 0 Å². The molecule has 0 aliphatic heterocycles. The first-order valence-electron chi connectivity index (χ1n) is 6.92. The SMILES string of the molecule is CCOc1ccc(NC(=O)c2nn(CC)cc2N)c(C)c1. The summed E-state index contributed by atoms with van der Waals surface area (Å²) in [6.07, 6.45) is 1.65. The molecule has 1 amide bonds. The normalized spacial score (nSPS) is 10.4. The van der Waals surface area contributed by atoms with Gasteiger partial charge in [-0.05, 0) is 44.5 Å². The summed E-state index contributed by atoms with van der Waals surface area (Å²) < 4.78 is 7.05. The molecule has 0 aliphatic rings. The van der Waals surface area contributed by atoms with Crippen LogP contribution < -0.4 is 15.8 Å². The number of nitrogens with two attached hydrogens (primary N) is 1. The van der Waals surface area contributed by atoms with Gasteiger partial charge in [-0.2, -0.15) is 5.10 Å². The summed E-state index contributed by atoms with van der Waals surface area (Å²) in [7, 11) is 0. The highest BCUT2D eigenvalue weighted by Gasteiger charge is 2.15. The largest absolute Gasteiger partial charge is 0.494 e. The molecule has 6 nitrogen and oxygen atoms in total. The summed E-state index contributed by atoms with van der Waals surface area (Å²) in [5, 5.41) is 6.98. The van der Waals surface area contributed by atoms with Crippen LogP contribution >= 0.6 is 0 Å². The van der Waals surface area contributed by atoms with E-state index in [9.17, 15) is 4.79 Å². The van der Waals surface area contributed by atoms with Crippen LogP contribution in [0.3, 0.4) is 0 Å². The van der Waals surface area contributed by atoms with Crippen molar-refractivity contribution >= 4 is 17.3 Å². The molecule has 0 spiro atoms. The van der Waals surface area contributed by atoms with Crippen molar-refractivity contribution in [3.8, 4) is 5.75 Å². The first-order chi connectivity index (χ1) is 10.0. The number of benzene rings is 1. The van der Waals surface area contributed by atoms with Crippen molar-refractivity contribution in [3.05, 3.63) is 35.7 Å². The third kappa shape index (κ3) is 3.34. The quantitative estimate of drug-likeness (QED) is 0.885. The Labute approximate surface area is 123 Å². The molecular formula is C15H20N4O2. The smallest absolute Gasteiger partial charge is 0.278 e. The lowest BCUT2D eigenvalue weighted by molar-refractivity contribution is 0.102. The maximum Gasteiger partial charge on any atom is 0.278 e. The highest BCUT2D eigenvalue weighted by atomic mass is 16.5. The number of nitrogens with zero attached hydrogens (tertiary/aromatic N) is 2. The van der Waals surface area contributed by atoms with Gasteiger partial charge in [0.25, 0.3) is 5.91 Å². The molecule has 0 atom stereocenters. The van der Waals surface area contributed by atoms with E-state index in [1.165, 1.54) is 0 Å². The number of carbonyl (C=O) groups is 1. The van der Waals surface area contributed by atoms with Crippen molar-refractivity contribution in [2.75, 3.05) is 17.7 Å². The van der Waals surface area contributed by atoms with E-state index in [4.69, 9.17) is 10.5 Å². The van der Waals surface area contributed by atoms with Crippen LogP contribution in [0.4, 0.5) is 11.4 Å². The van der Waals surface area contributed by atoms with Gasteiger partial charge in [-0.3, -0.25) is 9.48 Å². The van der Waals surface area contributed by atoms with Crippen LogP contribution in [-0.4, -0.2) is 22.3 Å². The minimum atomic E-state index is -0.313. The molecule has 2 aromatic rings. The average Bonchev–Trinajstić information content (AvgIpc) is 2.83. The Balaban J connectivity index is 2.17. The monoisotopic (exact) mass is 288 g/mol. The Morgan fingerprint density at radius 2 is 2.19 bits per heavy atom. The fourth-order valence-electron chi connectivity index (χ4n) is 1.99. The van der Waals surface area contributed by atoms with E-state index in [0.717, 1.165) is 11.3 Å². The number of anilines is 2. The van der Waals surface area contributed by atoms with E-state index in [0.29, 0.717) is 24.5 Å². The first kappa shape index (κ1) is 14.9. The van der Waals surface area contributed by atoms with Gasteiger partial charge in [0.1, 0.15) is 5.75 Å². The minimum Gasteiger partial charge on any atom is -0.494 e. The van der Waals surface area contributed by atoms with Crippen molar-refractivity contribution in [2.24, 2.45) is 0 Å². The lowest BCUT2D eigenvalue weighted by atomic mass is 10.2. The maximum atomic E-state index is 12.2. The van der Waals surface area contributed by atoms with Gasteiger partial charge >= 0.3 is 0 Å². The minimum absolute atomic E-state index is 0.241. The van der Waals surface area contributed by atoms with Crippen LogP contribution in [0, 0.1) is 6.92 Å². The molecule has 6 heteroatoms. The van der Waals surface area contributed by atoms with Gasteiger partial charge in [0.05, 0.1) is 12.3 Å². The molecule has 0 bridgehead atoms. The zero-order chi connectivity index (χ0) is 15.4. The molecule has 1 aromatic carbocycles. The second kappa shape index (κ2) is 6.30. The van der Waals surface area contributed by atoms with Crippen molar-refractivity contribution in [2.45, 2.75) is 27.3 Å². The number of carbonyl (C=O) groups excluding carboxylic acids is 1. The van der Waals surface area contributed by atoms with E-state index in [-0.39, 0.29) is 11.6 Å². The van der Waals surface area contributed by atoms with Gasteiger partial charge in [0.2, 0.25) is 0 Å². The lowest BCUT2D eigenvalue weighted by Gasteiger charge is -2.10. The molecule has 3 N–H and O–H groups in total. The Kier molecular flexibility index (Phi) is 4.47. The Morgan fingerprint density at radius 1 is 1.43 bits per heavy atom. The summed E-state index contributed by atoms with van der Waals surface area (Å²) in [6.45, 7) is 7.05. The number of ether oxygens (including phenoxy) is 1. The number of rotatable bonds is 5. The Bertz CT molecular complexity index is 649. The second-order valence-corrected chi connectivity index (χ2v) is 4.65. The number of aryl methyl sites for hydroxylation is 2. The standard InChI is InChI=1S/C15H20N4O2/c1-4-19-9-12(16)14(18-19)15(20)17-13-7-6-11(21-5-2)8-10(13)3/h6-9H,4-5,16H2,1-3H3,(H,17,20). The zero-order valence-electron chi connectivity index (χ0n) is 12.5. The fourth-order valence-corrected chi connectivity index (χ4v) is 1.99. The second-order valence-electron chi connectivity index (χ2n) is 4.65. The lowest BCUT2D eigenvalue weighted by Crippen LogP contribution is -2.15. The molecule has 0 unspecified atom stereocenters. The molecule has 0 saturated carbocycles. The maximum absolute atomic E-state index is 12.2. The third-order valence-corrected chi connectivity index (χ3v) is 3.09. The summed E-state index contributed by atoms with van der Waals surface area (Å²) in [5.74, 6) is 0.467. The molecule has 112 valence electrons. The van der Waals surface area contributed by atoms with Gasteiger partial charge in [-0.25, -0.2) is 0 Å². The van der Waals surface area contributed by atoms with Crippen molar-refractivity contribution < 1.29 is 9.53 Å². The number of hydrogen-bond acceptors (Lipinski definition) is 4. The predicted molar refractivity (Wildman–Crippen MR) is 82.6 cm³/mol. The van der Waals surface area contributed by atoms with E-state index in [2.05, 4.69) is 10.4 Å². The third-order valence-electron chi connectivity index (χ3n) is 3.09. The molecule has 0 saturated heterocycles. The van der Waals surface area contributed by atoms with Gasteiger partial charge in [0.15, 0.2) is 5.69 Å². The summed E-state index contributed by atoms with van der Waals surface area (Å²) in [5.41, 5.74) is 8.06. The fraction of sp³-hybridized carbons (Fsp3) is 0.333. The zero-order valence-corrected chi connectivity index (χ0v) is 12.5. The van der Waals surface area contributed by atoms with Gasteiger partial charge < -0.3 is 15.8 Å². The van der Waals surface area contributed by atoms with Crippen LogP contribution in [0.1, 0.15) is 29.9 Å². The molecule has 1 aromatic heterocycles. The highest BCUT2D eigenvalue weighted by molar-refractivity contribution is 6.06. The molecule has 1 heterocycles. The van der Waals surface area contributed by atoms with E-state index in [1.807, 2.05) is 39.0 Å². The van der Waals surface area contributed by atoms with Gasteiger partial charge in [-0.1, -0.05) is 0 Å². The van der Waals surface area contributed by atoms with Gasteiger partial charge in [-0.15, -0.1) is 0 Å². The number of nitrogens with one attached hydrogen (secondary N) is 1. The number of nitrogen functional groups attached to an aromatic ring is 1. The van der Waals surface area contributed by atoms with E-state index < -0.39 is 0 Å². The number of aromatic nitrogens is 2.